The monoisotopic (exact) mass is 382 g/mol. The van der Waals surface area contributed by atoms with Gasteiger partial charge in [0.2, 0.25) is 0 Å². The molecule has 1 aromatic rings. The van der Waals surface area contributed by atoms with E-state index >= 15 is 0 Å². The zero-order valence-corrected chi connectivity index (χ0v) is 12.3. The molecule has 0 radical (unpaired) electrons. The van der Waals surface area contributed by atoms with Crippen molar-refractivity contribution < 1.29 is 44.3 Å². The van der Waals surface area contributed by atoms with Gasteiger partial charge in [-0.2, -0.15) is 39.5 Å². The molecular weight excluding hydrogens is 371 g/mol. The highest BCUT2D eigenvalue weighted by Crippen LogP contribution is 2.52. The highest BCUT2D eigenvalue weighted by Gasteiger charge is 2.84. The maximum Gasteiger partial charge on any atom is 0.429 e. The summed E-state index contributed by atoms with van der Waals surface area (Å²) in [5.74, 6) is 0. The number of hydrogen-bond donors (Lipinski definition) is 2. The molecule has 142 valence electrons. The van der Waals surface area contributed by atoms with Crippen molar-refractivity contribution in [3.05, 3.63) is 35.9 Å². The molecule has 1 aromatic carbocycles. The summed E-state index contributed by atoms with van der Waals surface area (Å²) in [6.07, 6.45) is -20.6. The molecule has 1 atom stereocenters. The van der Waals surface area contributed by atoms with Crippen LogP contribution in [0.15, 0.2) is 30.3 Å². The largest absolute Gasteiger partial charge is 0.429 e. The number of urea groups is 1. The van der Waals surface area contributed by atoms with E-state index in [0.717, 1.165) is 0 Å². The van der Waals surface area contributed by atoms with Crippen LogP contribution in [0.2, 0.25) is 0 Å². The van der Waals surface area contributed by atoms with E-state index in [2.05, 4.69) is 0 Å². The topological polar surface area (TPSA) is 41.1 Å². The van der Waals surface area contributed by atoms with Crippen molar-refractivity contribution in [1.82, 2.24) is 10.6 Å². The zero-order chi connectivity index (χ0) is 19.7. The first-order valence-corrected chi connectivity index (χ1v) is 6.47. The van der Waals surface area contributed by atoms with Gasteiger partial charge in [0.25, 0.3) is 0 Å². The van der Waals surface area contributed by atoms with Crippen LogP contribution in [0.5, 0.6) is 0 Å². The van der Waals surface area contributed by atoms with Crippen LogP contribution in [-0.2, 0) is 0 Å². The zero-order valence-electron chi connectivity index (χ0n) is 12.3. The second-order valence-electron chi connectivity index (χ2n) is 4.97. The van der Waals surface area contributed by atoms with Crippen LogP contribution >= 0.6 is 0 Å². The van der Waals surface area contributed by atoms with Gasteiger partial charge in [0.1, 0.15) is 0 Å². The highest BCUT2D eigenvalue weighted by atomic mass is 19.4. The molecule has 0 heterocycles. The number of amides is 2. The summed E-state index contributed by atoms with van der Waals surface area (Å²) in [4.78, 5) is 11.5. The van der Waals surface area contributed by atoms with Gasteiger partial charge in [-0.25, -0.2) is 4.79 Å². The van der Waals surface area contributed by atoms with Gasteiger partial charge in [-0.1, -0.05) is 30.3 Å². The molecule has 2 N–H and O–H groups in total. The summed E-state index contributed by atoms with van der Waals surface area (Å²) in [6, 6.07) is 3.77. The predicted octanol–water partition coefficient (Wildman–Crippen LogP) is 4.47. The fourth-order valence-electron chi connectivity index (χ4n) is 1.92. The summed E-state index contributed by atoms with van der Waals surface area (Å²) >= 11 is 0. The van der Waals surface area contributed by atoms with Crippen LogP contribution in [0, 0.1) is 0 Å². The minimum atomic E-state index is -6.86. The third kappa shape index (κ3) is 4.10. The van der Waals surface area contributed by atoms with Crippen LogP contribution in [0.25, 0.3) is 0 Å². The Labute approximate surface area is 135 Å². The number of rotatable bonds is 3. The average Bonchev–Trinajstić information content (AvgIpc) is 2.41. The first-order valence-electron chi connectivity index (χ1n) is 6.47. The van der Waals surface area contributed by atoms with E-state index in [-0.39, 0.29) is 10.9 Å². The lowest BCUT2D eigenvalue weighted by atomic mass is 9.97. The molecule has 12 heteroatoms. The first kappa shape index (κ1) is 20.9. The maximum absolute atomic E-state index is 12.7. The van der Waals surface area contributed by atoms with Crippen LogP contribution in [0.4, 0.5) is 44.3 Å². The number of halogens is 9. The van der Waals surface area contributed by atoms with Crippen LogP contribution in [0.3, 0.4) is 0 Å². The normalized spacial score (nSPS) is 14.8. The number of alkyl halides is 9. The van der Waals surface area contributed by atoms with Crippen LogP contribution < -0.4 is 10.6 Å². The Morgan fingerprint density at radius 3 is 1.60 bits per heavy atom. The second kappa shape index (κ2) is 6.64. The van der Waals surface area contributed by atoms with Gasteiger partial charge in [-0.05, 0) is 12.5 Å². The summed E-state index contributed by atoms with van der Waals surface area (Å²) in [6.45, 7) is 1.17. The van der Waals surface area contributed by atoms with Crippen LogP contribution in [-0.4, -0.2) is 30.1 Å². The average molecular weight is 382 g/mol. The number of carbonyl (C=O) groups is 1. The maximum atomic E-state index is 12.7. The van der Waals surface area contributed by atoms with Gasteiger partial charge in [0, 0.05) is 0 Å². The number of hydrogen-bond acceptors (Lipinski definition) is 1. The van der Waals surface area contributed by atoms with Crippen molar-refractivity contribution in [2.45, 2.75) is 37.0 Å². The third-order valence-electron chi connectivity index (χ3n) is 3.22. The molecule has 0 saturated carbocycles. The summed E-state index contributed by atoms with van der Waals surface area (Å²) in [5.41, 5.74) is -6.14. The van der Waals surface area contributed by atoms with Crippen molar-refractivity contribution >= 4 is 6.03 Å². The molecule has 0 aliphatic heterocycles. The molecule has 0 aliphatic carbocycles. The molecule has 25 heavy (non-hydrogen) atoms. The second-order valence-corrected chi connectivity index (χ2v) is 4.97. The summed E-state index contributed by atoms with van der Waals surface area (Å²) in [5, 5.41) is 1.64. The lowest BCUT2D eigenvalue weighted by molar-refractivity contribution is -0.386. The Morgan fingerprint density at radius 1 is 0.840 bits per heavy atom. The molecule has 0 aromatic heterocycles. The van der Waals surface area contributed by atoms with Gasteiger partial charge in [0.15, 0.2) is 0 Å². The van der Waals surface area contributed by atoms with Crippen molar-refractivity contribution in [3.8, 4) is 0 Å². The van der Waals surface area contributed by atoms with Crippen molar-refractivity contribution in [2.75, 3.05) is 0 Å². The molecule has 0 bridgehead atoms. The molecule has 0 spiro atoms. The molecule has 3 nitrogen and oxygen atoms in total. The Morgan fingerprint density at radius 2 is 1.24 bits per heavy atom. The predicted molar refractivity (Wildman–Crippen MR) is 67.4 cm³/mol. The first-order chi connectivity index (χ1) is 11.1. The van der Waals surface area contributed by atoms with E-state index in [1.165, 1.54) is 37.3 Å². The SMILES string of the molecule is CC(NC(=O)NC(C(F)(F)F)(C(F)(F)F)C(F)(F)F)c1ccccc1. The standard InChI is InChI=1S/C13H11F9N2O/c1-7(8-5-3-2-4-6-8)23-9(25)24-10(11(14,15)16,12(17,18)19)13(20,21)22/h2-7H,1H3,(H2,23,24,25). The highest BCUT2D eigenvalue weighted by molar-refractivity contribution is 5.76. The van der Waals surface area contributed by atoms with E-state index in [9.17, 15) is 44.3 Å². The molecule has 0 fully saturated rings. The minimum absolute atomic E-state index is 0.0260. The number of benzene rings is 1. The van der Waals surface area contributed by atoms with Gasteiger partial charge >= 0.3 is 30.1 Å². The summed E-state index contributed by atoms with van der Waals surface area (Å²) in [7, 11) is 0. The van der Waals surface area contributed by atoms with E-state index in [4.69, 9.17) is 0 Å². The molecule has 0 aliphatic rings. The number of nitrogens with one attached hydrogen (secondary N) is 2. The smallest absolute Gasteiger partial charge is 0.332 e. The Hall–Kier alpha value is -2.14. The molecule has 1 rings (SSSR count). The Balaban J connectivity index is 3.16. The molecular formula is C13H11F9N2O. The van der Waals surface area contributed by atoms with E-state index in [0.29, 0.717) is 0 Å². The number of carbonyl (C=O) groups excluding carboxylic acids is 1. The Kier molecular flexibility index (Phi) is 5.55. The molecule has 1 unspecified atom stereocenters. The van der Waals surface area contributed by atoms with Crippen molar-refractivity contribution in [2.24, 2.45) is 0 Å². The summed E-state index contributed by atoms with van der Waals surface area (Å²) < 4.78 is 114. The van der Waals surface area contributed by atoms with Crippen molar-refractivity contribution in [3.63, 3.8) is 0 Å². The van der Waals surface area contributed by atoms with Crippen molar-refractivity contribution in [1.29, 1.82) is 0 Å². The molecule has 0 saturated heterocycles. The fraction of sp³-hybridized carbons (Fsp3) is 0.462. The lowest BCUT2D eigenvalue weighted by Gasteiger charge is -2.39. The quantitative estimate of drug-likeness (QED) is 0.744. The van der Waals surface area contributed by atoms with Gasteiger partial charge < -0.3 is 10.6 Å². The molecule has 2 amide bonds. The van der Waals surface area contributed by atoms with E-state index < -0.39 is 36.1 Å². The minimum Gasteiger partial charge on any atom is -0.332 e. The van der Waals surface area contributed by atoms with Gasteiger partial charge in [-0.3, -0.25) is 0 Å². The van der Waals surface area contributed by atoms with Gasteiger partial charge in [-0.15, -0.1) is 0 Å². The van der Waals surface area contributed by atoms with Gasteiger partial charge in [0.05, 0.1) is 6.04 Å². The Bertz CT molecular complexity index is 556. The van der Waals surface area contributed by atoms with E-state index in [1.807, 2.05) is 0 Å². The third-order valence-corrected chi connectivity index (χ3v) is 3.22. The van der Waals surface area contributed by atoms with E-state index in [1.54, 1.807) is 5.32 Å². The fourth-order valence-corrected chi connectivity index (χ4v) is 1.92. The van der Waals surface area contributed by atoms with Crippen LogP contribution in [0.1, 0.15) is 18.5 Å². The lowest BCUT2D eigenvalue weighted by Crippen LogP contribution is -2.76.